The van der Waals surface area contributed by atoms with E-state index in [4.69, 9.17) is 0 Å². The fourth-order valence-electron chi connectivity index (χ4n) is 3.36. The summed E-state index contributed by atoms with van der Waals surface area (Å²) < 4.78 is 25.4. The van der Waals surface area contributed by atoms with E-state index in [0.717, 1.165) is 31.1 Å². The molecule has 3 rings (SSSR count). The molecule has 1 aromatic carbocycles. The average Bonchev–Trinajstić information content (AvgIpc) is 2.69. The van der Waals surface area contributed by atoms with Gasteiger partial charge in [-0.2, -0.15) is 8.78 Å². The van der Waals surface area contributed by atoms with Crippen molar-refractivity contribution in [2.24, 2.45) is 5.92 Å². The number of benzene rings is 1. The van der Waals surface area contributed by atoms with Gasteiger partial charge in [0.1, 0.15) is 5.03 Å². The fraction of sp³-hybridized carbons (Fsp3) is 0.429. The second-order valence-corrected chi connectivity index (χ2v) is 8.12. The molecular formula is C21H25F2N3OS. The zero-order valence-corrected chi connectivity index (χ0v) is 16.7. The Hall–Kier alpha value is -1.99. The number of aromatic nitrogens is 1. The van der Waals surface area contributed by atoms with Crippen molar-refractivity contribution < 1.29 is 13.6 Å². The van der Waals surface area contributed by atoms with E-state index in [2.05, 4.69) is 28.2 Å². The highest BCUT2D eigenvalue weighted by Crippen LogP contribution is 2.26. The van der Waals surface area contributed by atoms with Crippen molar-refractivity contribution in [3.63, 3.8) is 0 Å². The van der Waals surface area contributed by atoms with Crippen molar-refractivity contribution in [2.75, 3.05) is 13.1 Å². The number of hydrogen-bond donors (Lipinski definition) is 1. The first-order chi connectivity index (χ1) is 13.5. The lowest BCUT2D eigenvalue weighted by Crippen LogP contribution is -2.33. The minimum Gasteiger partial charge on any atom is -0.348 e. The maximum Gasteiger partial charge on any atom is 0.290 e. The number of rotatable bonds is 7. The van der Waals surface area contributed by atoms with Gasteiger partial charge in [-0.1, -0.05) is 31.2 Å². The predicted octanol–water partition coefficient (Wildman–Crippen LogP) is 4.56. The highest BCUT2D eigenvalue weighted by Gasteiger charge is 2.18. The van der Waals surface area contributed by atoms with Crippen LogP contribution in [0.5, 0.6) is 0 Å². The molecule has 7 heteroatoms. The van der Waals surface area contributed by atoms with Gasteiger partial charge in [-0.05, 0) is 66.9 Å². The third-order valence-electron chi connectivity index (χ3n) is 5.04. The van der Waals surface area contributed by atoms with E-state index in [1.54, 1.807) is 6.07 Å². The minimum atomic E-state index is -2.62. The van der Waals surface area contributed by atoms with Crippen molar-refractivity contribution in [3.05, 3.63) is 59.3 Å². The Labute approximate surface area is 168 Å². The largest absolute Gasteiger partial charge is 0.348 e. The molecule has 1 saturated heterocycles. The van der Waals surface area contributed by atoms with Crippen molar-refractivity contribution in [3.8, 4) is 0 Å². The Balaban J connectivity index is 1.64. The first-order valence-corrected chi connectivity index (χ1v) is 10.4. The number of carbonyl (C=O) groups is 1. The van der Waals surface area contributed by atoms with Gasteiger partial charge in [-0.3, -0.25) is 9.69 Å². The molecule has 1 N–H and O–H groups in total. The van der Waals surface area contributed by atoms with Crippen LogP contribution in [0, 0.1) is 5.92 Å². The zero-order valence-electron chi connectivity index (χ0n) is 15.9. The monoisotopic (exact) mass is 405 g/mol. The number of thioether (sulfide) groups is 1. The Bertz CT molecular complexity index is 795. The number of hydrogen-bond acceptors (Lipinski definition) is 4. The first-order valence-electron chi connectivity index (χ1n) is 9.50. The third kappa shape index (κ3) is 5.75. The molecule has 2 heterocycles. The smallest absolute Gasteiger partial charge is 0.290 e. The van der Waals surface area contributed by atoms with Gasteiger partial charge in [0.2, 0.25) is 0 Å². The standard InChI is InChI=1S/C21H25F2N3OS/c1-15-8-11-26(12-9-15)14-17-6-3-2-5-16(17)13-25-19(27)18-7-4-10-24-20(18)28-21(22)23/h2-7,10,15,21H,8-9,11-14H2,1H3,(H,25,27). The number of piperidine rings is 1. The summed E-state index contributed by atoms with van der Waals surface area (Å²) in [6, 6.07) is 11.1. The van der Waals surface area contributed by atoms with Gasteiger partial charge >= 0.3 is 0 Å². The van der Waals surface area contributed by atoms with Crippen LogP contribution in [0.15, 0.2) is 47.6 Å². The summed E-state index contributed by atoms with van der Waals surface area (Å²) in [4.78, 5) is 18.9. The highest BCUT2D eigenvalue weighted by molar-refractivity contribution is 7.99. The summed E-state index contributed by atoms with van der Waals surface area (Å²) in [6.07, 6.45) is 3.84. The molecule has 0 unspecified atom stereocenters. The molecule has 0 radical (unpaired) electrons. The lowest BCUT2D eigenvalue weighted by molar-refractivity contribution is 0.0947. The van der Waals surface area contributed by atoms with Gasteiger partial charge in [0.05, 0.1) is 5.56 Å². The Morgan fingerprint density at radius 2 is 1.93 bits per heavy atom. The van der Waals surface area contributed by atoms with Gasteiger partial charge in [0, 0.05) is 19.3 Å². The summed E-state index contributed by atoms with van der Waals surface area (Å²) in [6.45, 7) is 5.68. The molecule has 2 aromatic rings. The van der Waals surface area contributed by atoms with E-state index in [1.807, 2.05) is 18.2 Å². The number of amides is 1. The van der Waals surface area contributed by atoms with E-state index >= 15 is 0 Å². The molecule has 1 aliphatic heterocycles. The SMILES string of the molecule is CC1CCN(Cc2ccccc2CNC(=O)c2cccnc2SC(F)F)CC1. The fourth-order valence-corrected chi connectivity index (χ4v) is 3.94. The van der Waals surface area contributed by atoms with Crippen LogP contribution in [0.1, 0.15) is 41.3 Å². The lowest BCUT2D eigenvalue weighted by Gasteiger charge is -2.30. The molecule has 1 aromatic heterocycles. The van der Waals surface area contributed by atoms with Crippen molar-refractivity contribution >= 4 is 17.7 Å². The second-order valence-electron chi connectivity index (χ2n) is 7.14. The number of halogens is 2. The number of pyridine rings is 1. The molecule has 1 fully saturated rings. The molecule has 1 aliphatic rings. The quantitative estimate of drug-likeness (QED) is 0.686. The molecular weight excluding hydrogens is 380 g/mol. The number of alkyl halides is 2. The van der Waals surface area contributed by atoms with E-state index < -0.39 is 11.7 Å². The normalized spacial score (nSPS) is 15.7. The second kappa shape index (κ2) is 9.98. The van der Waals surface area contributed by atoms with Crippen LogP contribution in [0.3, 0.4) is 0 Å². The zero-order chi connectivity index (χ0) is 19.9. The van der Waals surface area contributed by atoms with Crippen LogP contribution in [0.4, 0.5) is 8.78 Å². The third-order valence-corrected chi connectivity index (χ3v) is 5.77. The molecule has 4 nitrogen and oxygen atoms in total. The minimum absolute atomic E-state index is 0.0470. The van der Waals surface area contributed by atoms with Gasteiger partial charge in [0.25, 0.3) is 11.7 Å². The molecule has 0 aliphatic carbocycles. The Morgan fingerprint density at radius 1 is 1.21 bits per heavy atom. The number of nitrogens with one attached hydrogen (secondary N) is 1. The summed E-state index contributed by atoms with van der Waals surface area (Å²) in [7, 11) is 0. The summed E-state index contributed by atoms with van der Waals surface area (Å²) in [5, 5.41) is 2.90. The molecule has 150 valence electrons. The van der Waals surface area contributed by atoms with Gasteiger partial charge in [-0.25, -0.2) is 4.98 Å². The van der Waals surface area contributed by atoms with Gasteiger partial charge < -0.3 is 5.32 Å². The molecule has 0 atom stereocenters. The molecule has 28 heavy (non-hydrogen) atoms. The predicted molar refractivity (Wildman–Crippen MR) is 107 cm³/mol. The Kier molecular flexibility index (Phi) is 7.39. The highest BCUT2D eigenvalue weighted by atomic mass is 32.2. The summed E-state index contributed by atoms with van der Waals surface area (Å²) in [5.41, 5.74) is 2.41. The van der Waals surface area contributed by atoms with Crippen molar-refractivity contribution in [2.45, 2.75) is 43.6 Å². The van der Waals surface area contributed by atoms with E-state index in [0.29, 0.717) is 6.54 Å². The van der Waals surface area contributed by atoms with Crippen molar-refractivity contribution in [1.29, 1.82) is 0 Å². The maximum absolute atomic E-state index is 12.7. The van der Waals surface area contributed by atoms with Crippen LogP contribution in [0.2, 0.25) is 0 Å². The van der Waals surface area contributed by atoms with Gasteiger partial charge in [0.15, 0.2) is 0 Å². The lowest BCUT2D eigenvalue weighted by atomic mass is 9.98. The first kappa shape index (κ1) is 20.7. The van der Waals surface area contributed by atoms with Crippen molar-refractivity contribution in [1.82, 2.24) is 15.2 Å². The van der Waals surface area contributed by atoms with E-state index in [-0.39, 0.29) is 22.4 Å². The van der Waals surface area contributed by atoms with Crippen LogP contribution >= 0.6 is 11.8 Å². The molecule has 1 amide bonds. The average molecular weight is 406 g/mol. The number of carbonyl (C=O) groups excluding carboxylic acids is 1. The van der Waals surface area contributed by atoms with Crippen LogP contribution in [0.25, 0.3) is 0 Å². The molecule has 0 spiro atoms. The summed E-state index contributed by atoms with van der Waals surface area (Å²) >= 11 is 0.290. The maximum atomic E-state index is 12.7. The van der Waals surface area contributed by atoms with Gasteiger partial charge in [-0.15, -0.1) is 0 Å². The molecule has 0 bridgehead atoms. The number of nitrogens with zero attached hydrogens (tertiary/aromatic N) is 2. The number of likely N-dealkylation sites (tertiary alicyclic amines) is 1. The topological polar surface area (TPSA) is 45.2 Å². The van der Waals surface area contributed by atoms with Crippen LogP contribution in [-0.4, -0.2) is 34.6 Å². The Morgan fingerprint density at radius 3 is 2.64 bits per heavy atom. The van der Waals surface area contributed by atoms with Crippen LogP contribution in [-0.2, 0) is 13.1 Å². The molecule has 0 saturated carbocycles. The van der Waals surface area contributed by atoms with E-state index in [9.17, 15) is 13.6 Å². The summed E-state index contributed by atoms with van der Waals surface area (Å²) in [5.74, 6) is -2.22. The van der Waals surface area contributed by atoms with Crippen LogP contribution < -0.4 is 5.32 Å². The van der Waals surface area contributed by atoms with E-state index in [1.165, 1.54) is 30.7 Å².